The Morgan fingerprint density at radius 3 is 2.80 bits per heavy atom. The molecule has 1 atom stereocenters. The lowest BCUT2D eigenvalue weighted by Gasteiger charge is -2.09. The molecule has 0 bridgehead atoms. The van der Waals surface area contributed by atoms with Crippen LogP contribution in [0.25, 0.3) is 0 Å². The van der Waals surface area contributed by atoms with Crippen molar-refractivity contribution in [2.45, 2.75) is 20.3 Å². The first-order valence-electron chi connectivity index (χ1n) is 5.22. The minimum absolute atomic E-state index is 0.197. The largest absolute Gasteiger partial charge is 0.384 e. The van der Waals surface area contributed by atoms with Gasteiger partial charge in [0.05, 0.1) is 0 Å². The molecule has 0 aliphatic heterocycles. The molecular weight excluding hydrogens is 188 g/mol. The van der Waals surface area contributed by atoms with Crippen LogP contribution in [-0.2, 0) is 4.74 Å². The van der Waals surface area contributed by atoms with Gasteiger partial charge in [-0.15, -0.1) is 0 Å². The van der Waals surface area contributed by atoms with E-state index >= 15 is 0 Å². The normalized spacial score (nSPS) is 12.5. The van der Waals surface area contributed by atoms with Gasteiger partial charge in [0, 0.05) is 25.7 Å². The van der Waals surface area contributed by atoms with Crippen molar-refractivity contribution in [1.82, 2.24) is 0 Å². The van der Waals surface area contributed by atoms with E-state index < -0.39 is 0 Å². The van der Waals surface area contributed by atoms with Gasteiger partial charge in [-0.1, -0.05) is 30.7 Å². The summed E-state index contributed by atoms with van der Waals surface area (Å²) in [6.45, 7) is 4.66. The Morgan fingerprint density at radius 1 is 1.47 bits per heavy atom. The highest BCUT2D eigenvalue weighted by atomic mass is 16.5. The standard InChI is InChI=1S/C13H18O2/c1-10-5-4-6-12(7-10)13(14)8-11(2)9-15-3/h4-7,11H,8-9H2,1-3H3. The predicted octanol–water partition coefficient (Wildman–Crippen LogP) is 2.85. The van der Waals surface area contributed by atoms with Crippen molar-refractivity contribution in [3.8, 4) is 0 Å². The fourth-order valence-corrected chi connectivity index (χ4v) is 1.60. The molecule has 1 aromatic carbocycles. The summed E-state index contributed by atoms with van der Waals surface area (Å²) in [5.41, 5.74) is 1.93. The first-order chi connectivity index (χ1) is 7.13. The predicted molar refractivity (Wildman–Crippen MR) is 61.2 cm³/mol. The summed E-state index contributed by atoms with van der Waals surface area (Å²) in [6, 6.07) is 7.72. The van der Waals surface area contributed by atoms with Gasteiger partial charge in [-0.3, -0.25) is 4.79 Å². The SMILES string of the molecule is COCC(C)CC(=O)c1cccc(C)c1. The summed E-state index contributed by atoms with van der Waals surface area (Å²) in [5, 5.41) is 0. The van der Waals surface area contributed by atoms with Crippen molar-refractivity contribution in [3.63, 3.8) is 0 Å². The molecule has 0 spiro atoms. The van der Waals surface area contributed by atoms with Crippen molar-refractivity contribution in [3.05, 3.63) is 35.4 Å². The Kier molecular flexibility index (Phi) is 4.50. The number of benzene rings is 1. The molecule has 0 saturated heterocycles. The average Bonchev–Trinajstić information content (AvgIpc) is 2.18. The molecule has 0 aliphatic rings. The number of carbonyl (C=O) groups excluding carboxylic acids is 1. The lowest BCUT2D eigenvalue weighted by molar-refractivity contribution is 0.0920. The van der Waals surface area contributed by atoms with Gasteiger partial charge in [-0.2, -0.15) is 0 Å². The van der Waals surface area contributed by atoms with E-state index in [0.29, 0.717) is 13.0 Å². The molecule has 1 rings (SSSR count). The quantitative estimate of drug-likeness (QED) is 0.692. The van der Waals surface area contributed by atoms with Crippen molar-refractivity contribution >= 4 is 5.78 Å². The molecule has 1 unspecified atom stereocenters. The highest BCUT2D eigenvalue weighted by Crippen LogP contribution is 2.11. The van der Waals surface area contributed by atoms with Gasteiger partial charge in [0.2, 0.25) is 0 Å². The molecule has 0 aliphatic carbocycles. The zero-order valence-corrected chi connectivity index (χ0v) is 9.62. The van der Waals surface area contributed by atoms with Crippen molar-refractivity contribution in [2.24, 2.45) is 5.92 Å². The zero-order chi connectivity index (χ0) is 11.3. The number of hydrogen-bond donors (Lipinski definition) is 0. The fourth-order valence-electron chi connectivity index (χ4n) is 1.60. The second-order valence-corrected chi connectivity index (χ2v) is 4.06. The maximum atomic E-state index is 11.8. The van der Waals surface area contributed by atoms with Crippen LogP contribution in [0.3, 0.4) is 0 Å². The van der Waals surface area contributed by atoms with Crippen LogP contribution in [0.15, 0.2) is 24.3 Å². The summed E-state index contributed by atoms with van der Waals surface area (Å²) in [6.07, 6.45) is 0.553. The van der Waals surface area contributed by atoms with E-state index in [1.54, 1.807) is 7.11 Å². The molecule has 0 aromatic heterocycles. The van der Waals surface area contributed by atoms with E-state index in [0.717, 1.165) is 11.1 Å². The lowest BCUT2D eigenvalue weighted by atomic mass is 9.99. The molecule has 0 heterocycles. The molecule has 0 N–H and O–H groups in total. The van der Waals surface area contributed by atoms with Crippen LogP contribution in [0.1, 0.15) is 29.3 Å². The number of carbonyl (C=O) groups is 1. The molecule has 0 saturated carbocycles. The molecule has 1 aromatic rings. The van der Waals surface area contributed by atoms with Crippen molar-refractivity contribution in [1.29, 1.82) is 0 Å². The third kappa shape index (κ3) is 3.84. The number of hydrogen-bond acceptors (Lipinski definition) is 2. The molecular formula is C13H18O2. The maximum absolute atomic E-state index is 11.8. The number of methoxy groups -OCH3 is 1. The summed E-state index contributed by atoms with van der Waals surface area (Å²) in [4.78, 5) is 11.8. The Bertz CT molecular complexity index is 331. The molecule has 0 radical (unpaired) electrons. The molecule has 2 heteroatoms. The molecule has 2 nitrogen and oxygen atoms in total. The second-order valence-electron chi connectivity index (χ2n) is 4.06. The van der Waals surface area contributed by atoms with Gasteiger partial charge in [0.15, 0.2) is 5.78 Å². The van der Waals surface area contributed by atoms with Crippen LogP contribution in [0.5, 0.6) is 0 Å². The third-order valence-corrected chi connectivity index (χ3v) is 2.33. The first-order valence-corrected chi connectivity index (χ1v) is 5.22. The minimum atomic E-state index is 0.197. The fraction of sp³-hybridized carbons (Fsp3) is 0.462. The number of ether oxygens (including phenoxy) is 1. The van der Waals surface area contributed by atoms with E-state index in [4.69, 9.17) is 4.74 Å². The Balaban J connectivity index is 2.61. The van der Waals surface area contributed by atoms with Gasteiger partial charge < -0.3 is 4.74 Å². The number of rotatable bonds is 5. The Hall–Kier alpha value is -1.15. The first kappa shape index (κ1) is 11.9. The van der Waals surface area contributed by atoms with Crippen LogP contribution in [0, 0.1) is 12.8 Å². The smallest absolute Gasteiger partial charge is 0.163 e. The number of Topliss-reactive ketones (excluding diaryl/α,β-unsaturated/α-hetero) is 1. The summed E-state index contributed by atoms with van der Waals surface area (Å²) in [7, 11) is 1.66. The van der Waals surface area contributed by atoms with Crippen LogP contribution in [0.4, 0.5) is 0 Å². The van der Waals surface area contributed by atoms with Gasteiger partial charge >= 0.3 is 0 Å². The van der Waals surface area contributed by atoms with Crippen LogP contribution < -0.4 is 0 Å². The Labute approximate surface area is 91.3 Å². The molecule has 82 valence electrons. The summed E-state index contributed by atoms with van der Waals surface area (Å²) < 4.78 is 5.01. The summed E-state index contributed by atoms with van der Waals surface area (Å²) in [5.74, 6) is 0.478. The van der Waals surface area contributed by atoms with E-state index in [2.05, 4.69) is 0 Å². The number of aryl methyl sites for hydroxylation is 1. The highest BCUT2D eigenvalue weighted by molar-refractivity contribution is 5.96. The zero-order valence-electron chi connectivity index (χ0n) is 9.62. The van der Waals surface area contributed by atoms with Crippen molar-refractivity contribution < 1.29 is 9.53 Å². The van der Waals surface area contributed by atoms with E-state index in [9.17, 15) is 4.79 Å². The van der Waals surface area contributed by atoms with Crippen LogP contribution in [-0.4, -0.2) is 19.5 Å². The third-order valence-electron chi connectivity index (χ3n) is 2.33. The van der Waals surface area contributed by atoms with Crippen molar-refractivity contribution in [2.75, 3.05) is 13.7 Å². The van der Waals surface area contributed by atoms with Gasteiger partial charge in [-0.05, 0) is 18.9 Å². The van der Waals surface area contributed by atoms with Gasteiger partial charge in [0.1, 0.15) is 0 Å². The molecule has 0 amide bonds. The van der Waals surface area contributed by atoms with Gasteiger partial charge in [0.25, 0.3) is 0 Å². The second kappa shape index (κ2) is 5.66. The molecule has 0 fully saturated rings. The minimum Gasteiger partial charge on any atom is -0.384 e. The van der Waals surface area contributed by atoms with Crippen LogP contribution >= 0.6 is 0 Å². The summed E-state index contributed by atoms with van der Waals surface area (Å²) >= 11 is 0. The monoisotopic (exact) mass is 206 g/mol. The van der Waals surface area contributed by atoms with E-state index in [1.165, 1.54) is 0 Å². The van der Waals surface area contributed by atoms with Crippen LogP contribution in [0.2, 0.25) is 0 Å². The number of ketones is 1. The van der Waals surface area contributed by atoms with E-state index in [-0.39, 0.29) is 11.7 Å². The maximum Gasteiger partial charge on any atom is 0.163 e. The Morgan fingerprint density at radius 2 is 2.20 bits per heavy atom. The highest BCUT2D eigenvalue weighted by Gasteiger charge is 2.10. The van der Waals surface area contributed by atoms with E-state index in [1.807, 2.05) is 38.1 Å². The van der Waals surface area contributed by atoms with Gasteiger partial charge in [-0.25, -0.2) is 0 Å². The average molecular weight is 206 g/mol. The topological polar surface area (TPSA) is 26.3 Å². The lowest BCUT2D eigenvalue weighted by Crippen LogP contribution is -2.10. The molecule has 15 heavy (non-hydrogen) atoms.